The molecule has 0 spiro atoms. The maximum atomic E-state index is 13.5. The molecule has 0 N–H and O–H groups in total. The standard InChI is InChI=1S/C18H14ClF5N4O5/c19-13-12(15(30)26-3-1-8(2-4-26)28-11(29)7-32-17(28)31)25-14-10(18(22,23)24)5-9(6-27(13)14)33-16(20)21/h5-6,8,16H,1-4,7H2. The number of hydrogen-bond donors (Lipinski definition) is 0. The van der Waals surface area contributed by atoms with Crippen molar-refractivity contribution in [3.8, 4) is 5.75 Å². The molecule has 0 radical (unpaired) electrons. The minimum Gasteiger partial charge on any atom is -0.439 e. The normalized spacial score (nSPS) is 17.9. The fraction of sp³-hybridized carbons (Fsp3) is 0.444. The minimum atomic E-state index is -4.99. The number of rotatable bonds is 4. The first kappa shape index (κ1) is 23.0. The highest BCUT2D eigenvalue weighted by atomic mass is 35.5. The Morgan fingerprint density at radius 3 is 2.45 bits per heavy atom. The van der Waals surface area contributed by atoms with Gasteiger partial charge in [-0.15, -0.1) is 0 Å². The Labute approximate surface area is 186 Å². The number of pyridine rings is 1. The molecule has 4 heterocycles. The third-order valence-corrected chi connectivity index (χ3v) is 5.63. The van der Waals surface area contributed by atoms with Crippen LogP contribution in [-0.4, -0.2) is 69.4 Å². The molecule has 2 aliphatic heterocycles. The van der Waals surface area contributed by atoms with Gasteiger partial charge in [-0.1, -0.05) is 11.6 Å². The molecule has 0 aromatic carbocycles. The third kappa shape index (κ3) is 4.26. The molecule has 0 bridgehead atoms. The van der Waals surface area contributed by atoms with E-state index in [9.17, 15) is 36.3 Å². The molecule has 0 atom stereocenters. The van der Waals surface area contributed by atoms with Crippen molar-refractivity contribution in [2.45, 2.75) is 31.7 Å². The van der Waals surface area contributed by atoms with Crippen LogP contribution < -0.4 is 4.74 Å². The van der Waals surface area contributed by atoms with Crippen molar-refractivity contribution < 1.29 is 45.8 Å². The number of aromatic nitrogens is 2. The van der Waals surface area contributed by atoms with Crippen LogP contribution >= 0.6 is 11.6 Å². The zero-order chi connectivity index (χ0) is 24.1. The van der Waals surface area contributed by atoms with Crippen molar-refractivity contribution in [1.82, 2.24) is 19.2 Å². The number of amides is 3. The summed E-state index contributed by atoms with van der Waals surface area (Å²) in [7, 11) is 0. The molecular formula is C18H14ClF5N4O5. The van der Waals surface area contributed by atoms with Crippen LogP contribution in [-0.2, 0) is 15.7 Å². The molecule has 9 nitrogen and oxygen atoms in total. The van der Waals surface area contributed by atoms with E-state index in [1.807, 2.05) is 0 Å². The Bertz CT molecular complexity index is 1110. The van der Waals surface area contributed by atoms with Crippen molar-refractivity contribution in [2.75, 3.05) is 19.7 Å². The number of imidazole rings is 1. The molecule has 0 aliphatic carbocycles. The molecule has 0 saturated carbocycles. The summed E-state index contributed by atoms with van der Waals surface area (Å²) in [5, 5.41) is -0.513. The number of alkyl halides is 5. The van der Waals surface area contributed by atoms with E-state index >= 15 is 0 Å². The van der Waals surface area contributed by atoms with Crippen LogP contribution in [0.2, 0.25) is 5.15 Å². The SMILES string of the molecule is O=C(c1nc2c(C(F)(F)F)cc(OC(F)F)cn2c1Cl)N1CCC(N2C(=O)COC2=O)CC1. The summed E-state index contributed by atoms with van der Waals surface area (Å²) in [5.74, 6) is -2.09. The Morgan fingerprint density at radius 2 is 1.91 bits per heavy atom. The molecule has 0 unspecified atom stereocenters. The minimum absolute atomic E-state index is 0.0661. The van der Waals surface area contributed by atoms with E-state index in [-0.39, 0.29) is 32.5 Å². The van der Waals surface area contributed by atoms with E-state index in [4.69, 9.17) is 11.6 Å². The molecule has 2 fully saturated rings. The second kappa shape index (κ2) is 8.32. The van der Waals surface area contributed by atoms with Gasteiger partial charge in [0.15, 0.2) is 17.9 Å². The van der Waals surface area contributed by atoms with Crippen LogP contribution in [0.5, 0.6) is 5.75 Å². The number of nitrogens with zero attached hydrogens (tertiary/aromatic N) is 4. The second-order valence-corrected chi connectivity index (χ2v) is 7.61. The van der Waals surface area contributed by atoms with Gasteiger partial charge in [0.05, 0.1) is 6.20 Å². The van der Waals surface area contributed by atoms with Gasteiger partial charge in [0.2, 0.25) is 0 Å². The first-order chi connectivity index (χ1) is 15.5. The summed E-state index contributed by atoms with van der Waals surface area (Å²) in [6.45, 7) is -3.60. The van der Waals surface area contributed by atoms with Crippen LogP contribution in [0.25, 0.3) is 5.65 Å². The molecule has 2 saturated heterocycles. The summed E-state index contributed by atoms with van der Waals surface area (Å²) in [6, 6.07) is -0.143. The number of likely N-dealkylation sites (tertiary alicyclic amines) is 1. The molecule has 2 aliphatic rings. The Hall–Kier alpha value is -3.16. The number of cyclic esters (lactones) is 1. The van der Waals surface area contributed by atoms with E-state index < -0.39 is 64.5 Å². The van der Waals surface area contributed by atoms with Crippen molar-refractivity contribution >= 4 is 35.2 Å². The van der Waals surface area contributed by atoms with Crippen LogP contribution in [0.3, 0.4) is 0 Å². The quantitative estimate of drug-likeness (QED) is 0.604. The first-order valence-corrected chi connectivity index (χ1v) is 9.87. The van der Waals surface area contributed by atoms with E-state index in [0.29, 0.717) is 10.5 Å². The third-order valence-electron chi connectivity index (χ3n) is 5.27. The lowest BCUT2D eigenvalue weighted by Crippen LogP contribution is -2.48. The number of imide groups is 1. The van der Waals surface area contributed by atoms with Crippen molar-refractivity contribution in [2.24, 2.45) is 0 Å². The zero-order valence-electron chi connectivity index (χ0n) is 16.4. The monoisotopic (exact) mass is 496 g/mol. The first-order valence-electron chi connectivity index (χ1n) is 9.49. The Kier molecular flexibility index (Phi) is 5.80. The lowest BCUT2D eigenvalue weighted by Gasteiger charge is -2.34. The highest BCUT2D eigenvalue weighted by Crippen LogP contribution is 2.37. The molecule has 3 amide bonds. The van der Waals surface area contributed by atoms with Crippen molar-refractivity contribution in [3.05, 3.63) is 28.7 Å². The van der Waals surface area contributed by atoms with Gasteiger partial charge in [-0.2, -0.15) is 22.0 Å². The number of hydrogen-bond acceptors (Lipinski definition) is 6. The summed E-state index contributed by atoms with van der Waals surface area (Å²) in [6.07, 6.45) is -4.54. The smallest absolute Gasteiger partial charge is 0.420 e. The molecule has 4 rings (SSSR count). The lowest BCUT2D eigenvalue weighted by atomic mass is 10.0. The zero-order valence-corrected chi connectivity index (χ0v) is 17.2. The van der Waals surface area contributed by atoms with Crippen LogP contribution in [0, 0.1) is 0 Å². The van der Waals surface area contributed by atoms with Crippen LogP contribution in [0.1, 0.15) is 28.9 Å². The second-order valence-electron chi connectivity index (χ2n) is 7.25. The van der Waals surface area contributed by atoms with E-state index in [2.05, 4.69) is 14.5 Å². The van der Waals surface area contributed by atoms with Gasteiger partial charge in [0.1, 0.15) is 16.5 Å². The maximum Gasteiger partial charge on any atom is 0.420 e. The average molecular weight is 497 g/mol. The van der Waals surface area contributed by atoms with Crippen LogP contribution in [0.4, 0.5) is 26.7 Å². The predicted molar refractivity (Wildman–Crippen MR) is 99.0 cm³/mol. The fourth-order valence-corrected chi connectivity index (χ4v) is 4.05. The largest absolute Gasteiger partial charge is 0.439 e. The van der Waals surface area contributed by atoms with Gasteiger partial charge < -0.3 is 14.4 Å². The van der Waals surface area contributed by atoms with E-state index in [0.717, 1.165) is 11.1 Å². The number of carbonyl (C=O) groups is 3. The fourth-order valence-electron chi connectivity index (χ4n) is 3.80. The molecule has 15 heteroatoms. The number of piperidine rings is 1. The van der Waals surface area contributed by atoms with E-state index in [1.54, 1.807) is 0 Å². The van der Waals surface area contributed by atoms with Gasteiger partial charge >= 0.3 is 18.9 Å². The molecule has 2 aromatic rings. The van der Waals surface area contributed by atoms with E-state index in [1.165, 1.54) is 4.90 Å². The van der Waals surface area contributed by atoms with Gasteiger partial charge in [0.25, 0.3) is 11.8 Å². The summed E-state index contributed by atoms with van der Waals surface area (Å²) in [4.78, 5) is 42.4. The van der Waals surface area contributed by atoms with Gasteiger partial charge in [-0.05, 0) is 18.9 Å². The number of carbonyl (C=O) groups excluding carboxylic acids is 3. The Balaban J connectivity index is 1.61. The molecule has 2 aromatic heterocycles. The van der Waals surface area contributed by atoms with Gasteiger partial charge in [-0.25, -0.2) is 14.7 Å². The van der Waals surface area contributed by atoms with Gasteiger partial charge in [-0.3, -0.25) is 14.0 Å². The Morgan fingerprint density at radius 1 is 1.24 bits per heavy atom. The van der Waals surface area contributed by atoms with Crippen molar-refractivity contribution in [1.29, 1.82) is 0 Å². The number of halogens is 6. The average Bonchev–Trinajstić information content (AvgIpc) is 3.25. The van der Waals surface area contributed by atoms with Crippen molar-refractivity contribution in [3.63, 3.8) is 0 Å². The highest BCUT2D eigenvalue weighted by molar-refractivity contribution is 6.33. The molecular weight excluding hydrogens is 483 g/mol. The molecule has 33 heavy (non-hydrogen) atoms. The highest BCUT2D eigenvalue weighted by Gasteiger charge is 2.40. The topological polar surface area (TPSA) is 93.5 Å². The van der Waals surface area contributed by atoms with Gasteiger partial charge in [0, 0.05) is 19.1 Å². The lowest BCUT2D eigenvalue weighted by molar-refractivity contribution is -0.137. The summed E-state index contributed by atoms with van der Waals surface area (Å²) in [5.41, 5.74) is -2.67. The summed E-state index contributed by atoms with van der Waals surface area (Å²) >= 11 is 6.10. The van der Waals surface area contributed by atoms with Crippen LogP contribution in [0.15, 0.2) is 12.3 Å². The number of fused-ring (bicyclic) bond motifs is 1. The number of ether oxygens (including phenoxy) is 2. The predicted octanol–water partition coefficient (Wildman–Crippen LogP) is 3.19. The molecule has 178 valence electrons. The summed E-state index contributed by atoms with van der Waals surface area (Å²) < 4.78 is 74.9. The maximum absolute atomic E-state index is 13.5.